The van der Waals surface area contributed by atoms with Crippen LogP contribution in [-0.2, 0) is 11.3 Å². The summed E-state index contributed by atoms with van der Waals surface area (Å²) in [5.74, 6) is 0.925. The maximum Gasteiger partial charge on any atom is 0.258 e. The van der Waals surface area contributed by atoms with Crippen LogP contribution in [-0.4, -0.2) is 42.6 Å². The first-order valence-electron chi connectivity index (χ1n) is 9.58. The molecule has 5 nitrogen and oxygen atoms in total. The molecule has 0 unspecified atom stereocenters. The predicted octanol–water partition coefficient (Wildman–Crippen LogP) is 3.55. The molecule has 0 bridgehead atoms. The van der Waals surface area contributed by atoms with Crippen LogP contribution in [0.1, 0.15) is 30.4 Å². The van der Waals surface area contributed by atoms with Gasteiger partial charge in [-0.05, 0) is 43.0 Å². The molecular formula is C22H26N2O3S. The number of methoxy groups -OCH3 is 1. The van der Waals surface area contributed by atoms with E-state index in [9.17, 15) is 4.79 Å². The summed E-state index contributed by atoms with van der Waals surface area (Å²) in [6.45, 7) is 2.41. The van der Waals surface area contributed by atoms with Crippen LogP contribution < -0.4 is 14.8 Å². The lowest BCUT2D eigenvalue weighted by Crippen LogP contribution is -2.34. The first-order chi connectivity index (χ1) is 13.7. The molecule has 1 aliphatic heterocycles. The Balaban J connectivity index is 1.56. The molecule has 1 saturated heterocycles. The Morgan fingerprint density at radius 2 is 1.82 bits per heavy atom. The minimum atomic E-state index is -0.182. The van der Waals surface area contributed by atoms with E-state index in [1.54, 1.807) is 7.11 Å². The van der Waals surface area contributed by atoms with Gasteiger partial charge in [0.2, 0.25) is 0 Å². The predicted molar refractivity (Wildman–Crippen MR) is 114 cm³/mol. The van der Waals surface area contributed by atoms with Crippen LogP contribution in [0.5, 0.6) is 11.5 Å². The van der Waals surface area contributed by atoms with Crippen molar-refractivity contribution >= 4 is 23.1 Å². The molecule has 0 aliphatic carbocycles. The molecule has 0 saturated carbocycles. The van der Waals surface area contributed by atoms with Gasteiger partial charge >= 0.3 is 0 Å². The Bertz CT molecular complexity index is 805. The Morgan fingerprint density at radius 1 is 1.07 bits per heavy atom. The van der Waals surface area contributed by atoms with Crippen molar-refractivity contribution in [1.82, 2.24) is 10.2 Å². The highest BCUT2D eigenvalue weighted by molar-refractivity contribution is 7.80. The number of hydrogen-bond acceptors (Lipinski definition) is 4. The quantitative estimate of drug-likeness (QED) is 0.723. The lowest BCUT2D eigenvalue weighted by Gasteiger charge is -2.29. The normalized spacial score (nSPS) is 13.7. The van der Waals surface area contributed by atoms with Crippen LogP contribution in [0.4, 0.5) is 0 Å². The molecule has 0 atom stereocenters. The number of carbonyl (C=O) groups excluding carboxylic acids is 1. The second-order valence-electron chi connectivity index (χ2n) is 6.77. The molecule has 0 radical (unpaired) electrons. The zero-order chi connectivity index (χ0) is 19.8. The lowest BCUT2D eigenvalue weighted by atomic mass is 10.1. The molecule has 3 rings (SSSR count). The number of amides is 1. The van der Waals surface area contributed by atoms with Gasteiger partial charge in [0.05, 0.1) is 7.11 Å². The molecule has 1 fully saturated rings. The standard InChI is InChI=1S/C22H26N2O3S/c1-26-20-14-18(22(28)24-12-6-3-7-13-24)10-11-19(20)27-16-21(25)23-15-17-8-4-2-5-9-17/h2,4-5,8-11,14H,3,6-7,12-13,15-16H2,1H3,(H,23,25). The summed E-state index contributed by atoms with van der Waals surface area (Å²) in [5, 5.41) is 2.85. The van der Waals surface area contributed by atoms with Gasteiger partial charge < -0.3 is 19.7 Å². The average Bonchev–Trinajstić information content (AvgIpc) is 2.77. The van der Waals surface area contributed by atoms with Crippen LogP contribution >= 0.6 is 12.2 Å². The number of nitrogens with one attached hydrogen (secondary N) is 1. The Kier molecular flexibility index (Phi) is 7.25. The third-order valence-corrected chi connectivity index (χ3v) is 5.24. The SMILES string of the molecule is COc1cc(C(=S)N2CCCCC2)ccc1OCC(=O)NCc1ccccc1. The number of piperidine rings is 1. The first kappa shape index (κ1) is 20.1. The molecule has 1 amide bonds. The lowest BCUT2D eigenvalue weighted by molar-refractivity contribution is -0.123. The van der Waals surface area contributed by atoms with Gasteiger partial charge in [-0.1, -0.05) is 42.5 Å². The summed E-state index contributed by atoms with van der Waals surface area (Å²) in [6, 6.07) is 15.4. The number of rotatable bonds is 7. The van der Waals surface area contributed by atoms with Gasteiger partial charge in [-0.15, -0.1) is 0 Å². The van der Waals surface area contributed by atoms with Crippen molar-refractivity contribution in [2.24, 2.45) is 0 Å². The maximum absolute atomic E-state index is 12.1. The fraction of sp³-hybridized carbons (Fsp3) is 0.364. The fourth-order valence-corrected chi connectivity index (χ4v) is 3.50. The van der Waals surface area contributed by atoms with Gasteiger partial charge in [0.15, 0.2) is 18.1 Å². The van der Waals surface area contributed by atoms with Gasteiger partial charge in [0, 0.05) is 25.2 Å². The largest absolute Gasteiger partial charge is 0.493 e. The second-order valence-corrected chi connectivity index (χ2v) is 7.16. The molecule has 2 aromatic rings. The van der Waals surface area contributed by atoms with Crippen molar-refractivity contribution in [2.45, 2.75) is 25.8 Å². The highest BCUT2D eigenvalue weighted by atomic mass is 32.1. The van der Waals surface area contributed by atoms with Crippen molar-refractivity contribution in [3.63, 3.8) is 0 Å². The van der Waals surface area contributed by atoms with E-state index in [2.05, 4.69) is 10.2 Å². The number of nitrogens with zero attached hydrogens (tertiary/aromatic N) is 1. The zero-order valence-corrected chi connectivity index (χ0v) is 17.0. The molecule has 2 aromatic carbocycles. The van der Waals surface area contributed by atoms with Crippen molar-refractivity contribution in [1.29, 1.82) is 0 Å². The van der Waals surface area contributed by atoms with E-state index in [0.717, 1.165) is 29.2 Å². The summed E-state index contributed by atoms with van der Waals surface area (Å²) in [5.41, 5.74) is 1.98. The third-order valence-electron chi connectivity index (χ3n) is 4.75. The van der Waals surface area contributed by atoms with Crippen molar-refractivity contribution in [2.75, 3.05) is 26.8 Å². The first-order valence-corrected chi connectivity index (χ1v) is 9.99. The minimum absolute atomic E-state index is 0.0703. The number of likely N-dealkylation sites (tertiary alicyclic amines) is 1. The highest BCUT2D eigenvalue weighted by Crippen LogP contribution is 2.29. The highest BCUT2D eigenvalue weighted by Gasteiger charge is 2.17. The number of benzene rings is 2. The van der Waals surface area contributed by atoms with Gasteiger partial charge in [-0.3, -0.25) is 4.79 Å². The number of ether oxygens (including phenoxy) is 2. The number of hydrogen-bond donors (Lipinski definition) is 1. The molecule has 28 heavy (non-hydrogen) atoms. The molecule has 0 spiro atoms. The van der Waals surface area contributed by atoms with Crippen molar-refractivity contribution < 1.29 is 14.3 Å². The summed E-state index contributed by atoms with van der Waals surface area (Å²) in [4.78, 5) is 15.1. The smallest absolute Gasteiger partial charge is 0.258 e. The van der Waals surface area contributed by atoms with E-state index >= 15 is 0 Å². The van der Waals surface area contributed by atoms with Crippen molar-refractivity contribution in [3.05, 3.63) is 59.7 Å². The minimum Gasteiger partial charge on any atom is -0.493 e. The Hall–Kier alpha value is -2.60. The average molecular weight is 399 g/mol. The van der Waals surface area contributed by atoms with Crippen LogP contribution in [0.15, 0.2) is 48.5 Å². The topological polar surface area (TPSA) is 50.8 Å². The maximum atomic E-state index is 12.1. The van der Waals surface area contributed by atoms with E-state index in [0.29, 0.717) is 18.0 Å². The summed E-state index contributed by atoms with van der Waals surface area (Å²) in [6.07, 6.45) is 3.62. The van der Waals surface area contributed by atoms with E-state index in [4.69, 9.17) is 21.7 Å². The van der Waals surface area contributed by atoms with Crippen molar-refractivity contribution in [3.8, 4) is 11.5 Å². The molecule has 148 valence electrons. The Labute approximate surface area is 171 Å². The van der Waals surface area contributed by atoms with Crippen LogP contribution in [0.25, 0.3) is 0 Å². The molecule has 1 N–H and O–H groups in total. The number of carbonyl (C=O) groups is 1. The number of thiocarbonyl (C=S) groups is 1. The zero-order valence-electron chi connectivity index (χ0n) is 16.1. The van der Waals surface area contributed by atoms with Crippen LogP contribution in [0.2, 0.25) is 0 Å². The van der Waals surface area contributed by atoms with E-state index < -0.39 is 0 Å². The van der Waals surface area contributed by atoms with Gasteiger partial charge in [0.25, 0.3) is 5.91 Å². The molecule has 1 aliphatic rings. The summed E-state index contributed by atoms with van der Waals surface area (Å²) < 4.78 is 11.1. The van der Waals surface area contributed by atoms with Crippen LogP contribution in [0.3, 0.4) is 0 Å². The van der Waals surface area contributed by atoms with E-state index in [1.165, 1.54) is 19.3 Å². The van der Waals surface area contributed by atoms with Gasteiger partial charge in [-0.2, -0.15) is 0 Å². The summed E-state index contributed by atoms with van der Waals surface area (Å²) in [7, 11) is 1.59. The van der Waals surface area contributed by atoms with E-state index in [1.807, 2.05) is 48.5 Å². The molecular weight excluding hydrogens is 372 g/mol. The molecule has 1 heterocycles. The monoisotopic (exact) mass is 398 g/mol. The van der Waals surface area contributed by atoms with Gasteiger partial charge in [-0.25, -0.2) is 0 Å². The van der Waals surface area contributed by atoms with E-state index in [-0.39, 0.29) is 12.5 Å². The summed E-state index contributed by atoms with van der Waals surface area (Å²) >= 11 is 5.64. The third kappa shape index (κ3) is 5.45. The fourth-order valence-electron chi connectivity index (χ4n) is 3.19. The molecule has 0 aromatic heterocycles. The Morgan fingerprint density at radius 3 is 2.54 bits per heavy atom. The second kappa shape index (κ2) is 10.1. The van der Waals surface area contributed by atoms with Crippen LogP contribution in [0, 0.1) is 0 Å². The molecule has 6 heteroatoms. The van der Waals surface area contributed by atoms with Gasteiger partial charge in [0.1, 0.15) is 4.99 Å².